The molecule has 0 atom stereocenters. The molecule has 170 valence electrons. The van der Waals surface area contributed by atoms with E-state index in [0.717, 1.165) is 49.3 Å². The van der Waals surface area contributed by atoms with Gasteiger partial charge in [-0.05, 0) is 57.9 Å². The van der Waals surface area contributed by atoms with Crippen LogP contribution in [-0.2, 0) is 11.3 Å². The second kappa shape index (κ2) is 9.27. The van der Waals surface area contributed by atoms with Crippen LogP contribution in [0.5, 0.6) is 0 Å². The van der Waals surface area contributed by atoms with Crippen molar-refractivity contribution in [3.05, 3.63) is 29.2 Å². The Hall–Kier alpha value is -1.95. The van der Waals surface area contributed by atoms with Gasteiger partial charge in [-0.15, -0.1) is 0 Å². The number of hydrogen-bond acceptors (Lipinski definition) is 4. The number of ether oxygens (including phenoxy) is 1. The Bertz CT molecular complexity index is 910. The average Bonchev–Trinajstić information content (AvgIpc) is 2.98. The lowest BCUT2D eigenvalue weighted by Gasteiger charge is -2.42. The van der Waals surface area contributed by atoms with E-state index < -0.39 is 0 Å². The lowest BCUT2D eigenvalue weighted by atomic mass is 9.90. The molecule has 6 heteroatoms. The Balaban J connectivity index is 1.58. The van der Waals surface area contributed by atoms with Gasteiger partial charge in [-0.3, -0.25) is 4.79 Å². The summed E-state index contributed by atoms with van der Waals surface area (Å²) >= 11 is 0. The van der Waals surface area contributed by atoms with Crippen LogP contribution in [0.3, 0.4) is 0 Å². The molecule has 4 rings (SSSR count). The van der Waals surface area contributed by atoms with Crippen LogP contribution in [-0.4, -0.2) is 43.6 Å². The number of amides is 1. The zero-order valence-corrected chi connectivity index (χ0v) is 19.7. The molecule has 6 nitrogen and oxygen atoms in total. The summed E-state index contributed by atoms with van der Waals surface area (Å²) in [5.74, 6) is 0.289. The summed E-state index contributed by atoms with van der Waals surface area (Å²) in [5, 5.41) is 4.70. The van der Waals surface area contributed by atoms with Crippen molar-refractivity contribution >= 4 is 11.6 Å². The topological polar surface area (TPSA) is 59.7 Å². The van der Waals surface area contributed by atoms with Crippen molar-refractivity contribution in [1.29, 1.82) is 0 Å². The van der Waals surface area contributed by atoms with Gasteiger partial charge in [-0.2, -0.15) is 5.10 Å². The summed E-state index contributed by atoms with van der Waals surface area (Å²) < 4.78 is 8.09. The van der Waals surface area contributed by atoms with Crippen LogP contribution in [0.4, 0.5) is 0 Å². The largest absolute Gasteiger partial charge is 0.372 e. The molecule has 31 heavy (non-hydrogen) atoms. The molecule has 1 aliphatic heterocycles. The number of aromatic nitrogens is 3. The van der Waals surface area contributed by atoms with Crippen LogP contribution in [0, 0.1) is 0 Å². The van der Waals surface area contributed by atoms with Gasteiger partial charge in [0, 0.05) is 23.8 Å². The summed E-state index contributed by atoms with van der Waals surface area (Å²) in [6.07, 6.45) is 11.1. The summed E-state index contributed by atoms with van der Waals surface area (Å²) in [5.41, 5.74) is 3.10. The van der Waals surface area contributed by atoms with E-state index in [1.807, 2.05) is 15.5 Å². The molecule has 2 aliphatic rings. The quantitative estimate of drug-likeness (QED) is 0.593. The van der Waals surface area contributed by atoms with Crippen molar-refractivity contribution in [2.45, 2.75) is 110 Å². The molecule has 2 fully saturated rings. The number of carbonyl (C=O) groups is 1. The van der Waals surface area contributed by atoms with Gasteiger partial charge in [0.2, 0.25) is 0 Å². The SMILES string of the molecule is CC(C)c1cc(COC2CCCCCC2)nc2cc(C(=O)N3CCCCC3(C)C)nn12. The van der Waals surface area contributed by atoms with E-state index in [0.29, 0.717) is 18.4 Å². The highest BCUT2D eigenvalue weighted by molar-refractivity contribution is 5.94. The summed E-state index contributed by atoms with van der Waals surface area (Å²) in [4.78, 5) is 20.1. The van der Waals surface area contributed by atoms with Gasteiger partial charge in [0.15, 0.2) is 11.3 Å². The standard InChI is InChI=1S/C25H38N4O2/c1-18(2)22-15-19(17-31-20-11-7-5-6-8-12-20)26-23-16-21(27-29(22)23)24(30)28-14-10-9-13-25(28,3)4/h15-16,18,20H,5-14,17H2,1-4H3. The molecule has 1 amide bonds. The highest BCUT2D eigenvalue weighted by atomic mass is 16.5. The molecule has 1 saturated heterocycles. The van der Waals surface area contributed by atoms with Crippen molar-refractivity contribution in [2.24, 2.45) is 0 Å². The molecule has 0 radical (unpaired) electrons. The van der Waals surface area contributed by atoms with Crippen molar-refractivity contribution in [1.82, 2.24) is 19.5 Å². The Morgan fingerprint density at radius 3 is 2.55 bits per heavy atom. The lowest BCUT2D eigenvalue weighted by molar-refractivity contribution is 0.0292. The molecule has 2 aromatic heterocycles. The summed E-state index contributed by atoms with van der Waals surface area (Å²) in [6.45, 7) is 9.93. The van der Waals surface area contributed by atoms with E-state index in [1.54, 1.807) is 0 Å². The first kappa shape index (κ1) is 22.3. The minimum atomic E-state index is -0.128. The summed E-state index contributed by atoms with van der Waals surface area (Å²) in [7, 11) is 0. The van der Waals surface area contributed by atoms with Gasteiger partial charge in [0.25, 0.3) is 5.91 Å². The average molecular weight is 427 g/mol. The van der Waals surface area contributed by atoms with Gasteiger partial charge >= 0.3 is 0 Å². The third-order valence-corrected chi connectivity index (χ3v) is 6.98. The number of piperidine rings is 1. The number of carbonyl (C=O) groups excluding carboxylic acids is 1. The van der Waals surface area contributed by atoms with Gasteiger partial charge in [0.1, 0.15) is 0 Å². The second-order valence-electron chi connectivity index (χ2n) is 10.3. The molecule has 0 spiro atoms. The van der Waals surface area contributed by atoms with Gasteiger partial charge in [-0.1, -0.05) is 39.5 Å². The minimum absolute atomic E-state index is 0.0150. The van der Waals surface area contributed by atoms with Crippen LogP contribution in [0.25, 0.3) is 5.65 Å². The van der Waals surface area contributed by atoms with Gasteiger partial charge in [-0.25, -0.2) is 9.50 Å². The maximum atomic E-state index is 13.3. The van der Waals surface area contributed by atoms with Crippen molar-refractivity contribution in [3.63, 3.8) is 0 Å². The highest BCUT2D eigenvalue weighted by Crippen LogP contribution is 2.29. The lowest BCUT2D eigenvalue weighted by Crippen LogP contribution is -2.50. The predicted octanol–water partition coefficient (Wildman–Crippen LogP) is 5.50. The molecular weight excluding hydrogens is 388 g/mol. The Labute approximate surface area is 186 Å². The molecule has 0 aromatic carbocycles. The first-order valence-electron chi connectivity index (χ1n) is 12.2. The number of likely N-dealkylation sites (tertiary alicyclic amines) is 1. The van der Waals surface area contributed by atoms with Crippen molar-refractivity contribution in [2.75, 3.05) is 6.54 Å². The smallest absolute Gasteiger partial charge is 0.274 e. The van der Waals surface area contributed by atoms with E-state index >= 15 is 0 Å². The second-order valence-corrected chi connectivity index (χ2v) is 10.3. The Kier molecular flexibility index (Phi) is 6.65. The maximum Gasteiger partial charge on any atom is 0.274 e. The van der Waals surface area contributed by atoms with Crippen molar-refractivity contribution in [3.8, 4) is 0 Å². The van der Waals surface area contributed by atoms with Crippen LogP contribution in [0.2, 0.25) is 0 Å². The summed E-state index contributed by atoms with van der Waals surface area (Å²) in [6, 6.07) is 3.95. The van der Waals surface area contributed by atoms with E-state index in [2.05, 4.69) is 33.8 Å². The number of hydrogen-bond donors (Lipinski definition) is 0. The monoisotopic (exact) mass is 426 g/mol. The van der Waals surface area contributed by atoms with E-state index in [9.17, 15) is 4.79 Å². The maximum absolute atomic E-state index is 13.3. The van der Waals surface area contributed by atoms with Gasteiger partial charge < -0.3 is 9.64 Å². The molecule has 1 saturated carbocycles. The number of fused-ring (bicyclic) bond motifs is 1. The van der Waals surface area contributed by atoms with E-state index in [4.69, 9.17) is 14.8 Å². The molecule has 2 aromatic rings. The van der Waals surface area contributed by atoms with E-state index in [1.165, 1.54) is 32.1 Å². The third-order valence-electron chi connectivity index (χ3n) is 6.98. The minimum Gasteiger partial charge on any atom is -0.372 e. The molecule has 0 N–H and O–H groups in total. The zero-order valence-electron chi connectivity index (χ0n) is 19.7. The first-order chi connectivity index (χ1) is 14.8. The zero-order chi connectivity index (χ0) is 22.0. The van der Waals surface area contributed by atoms with E-state index in [-0.39, 0.29) is 17.4 Å². The molecular formula is C25H38N4O2. The van der Waals surface area contributed by atoms with Crippen LogP contribution >= 0.6 is 0 Å². The predicted molar refractivity (Wildman–Crippen MR) is 122 cm³/mol. The number of nitrogens with zero attached hydrogens (tertiary/aromatic N) is 4. The molecule has 1 aliphatic carbocycles. The molecule has 0 bridgehead atoms. The van der Waals surface area contributed by atoms with Crippen molar-refractivity contribution < 1.29 is 9.53 Å². The Morgan fingerprint density at radius 2 is 1.87 bits per heavy atom. The fraction of sp³-hybridized carbons (Fsp3) is 0.720. The fourth-order valence-electron chi connectivity index (χ4n) is 5.03. The Morgan fingerprint density at radius 1 is 1.13 bits per heavy atom. The first-order valence-corrected chi connectivity index (χ1v) is 12.2. The third kappa shape index (κ3) is 4.94. The normalized spacial score (nSPS) is 20.4. The van der Waals surface area contributed by atoms with Gasteiger partial charge in [0.05, 0.1) is 18.4 Å². The highest BCUT2D eigenvalue weighted by Gasteiger charge is 2.35. The molecule has 0 unspecified atom stereocenters. The molecule has 3 heterocycles. The number of rotatable bonds is 5. The fourth-order valence-corrected chi connectivity index (χ4v) is 5.03. The van der Waals surface area contributed by atoms with Crippen LogP contribution in [0.1, 0.15) is 113 Å². The van der Waals surface area contributed by atoms with Crippen LogP contribution in [0.15, 0.2) is 12.1 Å². The van der Waals surface area contributed by atoms with Crippen LogP contribution < -0.4 is 0 Å².